The van der Waals surface area contributed by atoms with Crippen molar-refractivity contribution in [1.82, 2.24) is 9.88 Å². The van der Waals surface area contributed by atoms with Crippen molar-refractivity contribution < 1.29 is 27.5 Å². The Kier molecular flexibility index (Phi) is 6.12. The van der Waals surface area contributed by atoms with Crippen LogP contribution in [0.4, 0.5) is 19.0 Å². The zero-order valence-corrected chi connectivity index (χ0v) is 19.5. The molecule has 2 atom stereocenters. The van der Waals surface area contributed by atoms with Crippen molar-refractivity contribution in [2.75, 3.05) is 31.1 Å². The average Bonchev–Trinajstić information content (AvgIpc) is 3.00. The van der Waals surface area contributed by atoms with Crippen molar-refractivity contribution in [3.05, 3.63) is 23.9 Å². The van der Waals surface area contributed by atoms with Gasteiger partial charge in [-0.05, 0) is 55.1 Å². The lowest BCUT2D eigenvalue weighted by atomic mass is 9.65. The number of halogens is 3. The van der Waals surface area contributed by atoms with Crippen LogP contribution in [-0.4, -0.2) is 54.0 Å². The van der Waals surface area contributed by atoms with Crippen LogP contribution in [-0.2, 0) is 20.5 Å². The molecule has 1 aromatic heterocycles. The molecule has 1 saturated carbocycles. The minimum Gasteiger partial charge on any atom is -0.455 e. The molecule has 1 aromatic rings. The van der Waals surface area contributed by atoms with E-state index in [1.165, 1.54) is 6.07 Å². The molecular weight excluding hydrogens is 435 g/mol. The highest BCUT2D eigenvalue weighted by Gasteiger charge is 2.51. The molecule has 3 fully saturated rings. The van der Waals surface area contributed by atoms with Crippen LogP contribution in [0.3, 0.4) is 0 Å². The quantitative estimate of drug-likeness (QED) is 0.619. The van der Waals surface area contributed by atoms with Crippen LogP contribution < -0.4 is 4.90 Å². The Morgan fingerprint density at radius 3 is 2.45 bits per heavy atom. The molecule has 182 valence electrons. The smallest absolute Gasteiger partial charge is 0.417 e. The van der Waals surface area contributed by atoms with Gasteiger partial charge in [-0.15, -0.1) is 0 Å². The normalized spacial score (nSPS) is 27.5. The van der Waals surface area contributed by atoms with Gasteiger partial charge in [0.15, 0.2) is 6.61 Å². The van der Waals surface area contributed by atoms with Crippen molar-refractivity contribution in [2.45, 2.75) is 65.1 Å². The number of ether oxygens (including phenoxy) is 1. The molecule has 1 amide bonds. The zero-order valence-electron chi connectivity index (χ0n) is 19.5. The molecule has 9 heteroatoms. The monoisotopic (exact) mass is 467 g/mol. The summed E-state index contributed by atoms with van der Waals surface area (Å²) in [6.07, 6.45) is 0.498. The lowest BCUT2D eigenvalue weighted by molar-refractivity contribution is -0.156. The summed E-state index contributed by atoms with van der Waals surface area (Å²) in [5, 5.41) is 0. The molecular formula is C24H32F3N3O3. The number of carbonyl (C=O) groups excluding carboxylic acids is 2. The van der Waals surface area contributed by atoms with Crippen molar-refractivity contribution in [2.24, 2.45) is 16.7 Å². The first kappa shape index (κ1) is 23.8. The van der Waals surface area contributed by atoms with Gasteiger partial charge in [0.2, 0.25) is 0 Å². The fourth-order valence-electron chi connectivity index (χ4n) is 6.17. The molecule has 0 aromatic carbocycles. The van der Waals surface area contributed by atoms with E-state index in [4.69, 9.17) is 4.74 Å². The summed E-state index contributed by atoms with van der Waals surface area (Å²) >= 11 is 0. The standard InChI is InChI=1S/C24H32F3N3O3/c1-22(2)10-18-11-23(3,14-22)15-30(18)20(31)13-33-21(32)16-6-8-29(9-7-16)19-5-4-17(12-28-19)24(25,26)27/h4-5,12,16,18H,6-11,13-15H2,1-3H3. The molecule has 0 spiro atoms. The highest BCUT2D eigenvalue weighted by molar-refractivity contribution is 5.82. The Morgan fingerprint density at radius 2 is 1.85 bits per heavy atom. The number of hydrogen-bond donors (Lipinski definition) is 0. The second kappa shape index (κ2) is 8.47. The third-order valence-electron chi connectivity index (χ3n) is 7.30. The molecule has 2 bridgehead atoms. The van der Waals surface area contributed by atoms with Gasteiger partial charge < -0.3 is 14.5 Å². The van der Waals surface area contributed by atoms with Gasteiger partial charge in [0.25, 0.3) is 5.91 Å². The number of likely N-dealkylation sites (tertiary alicyclic amines) is 1. The lowest BCUT2D eigenvalue weighted by Gasteiger charge is -2.39. The van der Waals surface area contributed by atoms with Crippen LogP contribution in [0.25, 0.3) is 0 Å². The number of pyridine rings is 1. The maximum Gasteiger partial charge on any atom is 0.417 e. The first-order valence-corrected chi connectivity index (χ1v) is 11.6. The number of fused-ring (bicyclic) bond motifs is 2. The van der Waals surface area contributed by atoms with Crippen molar-refractivity contribution in [1.29, 1.82) is 0 Å². The number of piperidine rings is 1. The second-order valence-corrected chi connectivity index (χ2v) is 11.0. The number of esters is 1. The predicted octanol–water partition coefficient (Wildman–Crippen LogP) is 4.29. The molecule has 6 nitrogen and oxygen atoms in total. The number of anilines is 1. The SMILES string of the molecule is CC1(C)CC2CC(C)(CN2C(=O)COC(=O)C2CCN(c3ccc(C(F)(F)F)cn3)CC2)C1. The van der Waals surface area contributed by atoms with Gasteiger partial charge in [-0.25, -0.2) is 4.98 Å². The third-order valence-corrected chi connectivity index (χ3v) is 7.30. The first-order valence-electron chi connectivity index (χ1n) is 11.6. The van der Waals surface area contributed by atoms with Gasteiger partial charge in [-0.3, -0.25) is 9.59 Å². The van der Waals surface area contributed by atoms with E-state index in [9.17, 15) is 22.8 Å². The topological polar surface area (TPSA) is 62.7 Å². The van der Waals surface area contributed by atoms with Crippen LogP contribution in [0.2, 0.25) is 0 Å². The molecule has 33 heavy (non-hydrogen) atoms. The number of rotatable bonds is 4. The van der Waals surface area contributed by atoms with Crippen molar-refractivity contribution in [3.8, 4) is 0 Å². The number of aromatic nitrogens is 1. The van der Waals surface area contributed by atoms with E-state index < -0.39 is 11.7 Å². The Balaban J connectivity index is 1.25. The van der Waals surface area contributed by atoms with E-state index >= 15 is 0 Å². The highest BCUT2D eigenvalue weighted by Crippen LogP contribution is 2.52. The van der Waals surface area contributed by atoms with E-state index in [1.54, 1.807) is 0 Å². The fourth-order valence-corrected chi connectivity index (χ4v) is 6.17. The third kappa shape index (κ3) is 5.27. The summed E-state index contributed by atoms with van der Waals surface area (Å²) < 4.78 is 43.5. The Morgan fingerprint density at radius 1 is 1.15 bits per heavy atom. The largest absolute Gasteiger partial charge is 0.455 e. The van der Waals surface area contributed by atoms with Crippen LogP contribution in [0.1, 0.15) is 58.4 Å². The molecule has 3 aliphatic rings. The second-order valence-electron chi connectivity index (χ2n) is 11.0. The van der Waals surface area contributed by atoms with Gasteiger partial charge in [-0.1, -0.05) is 20.8 Å². The molecule has 2 unspecified atom stereocenters. The van der Waals surface area contributed by atoms with E-state index in [0.717, 1.165) is 38.1 Å². The van der Waals surface area contributed by atoms with E-state index in [0.29, 0.717) is 31.7 Å². The number of nitrogens with zero attached hydrogens (tertiary/aromatic N) is 3. The molecule has 0 N–H and O–H groups in total. The van der Waals surface area contributed by atoms with E-state index in [-0.39, 0.29) is 41.3 Å². The maximum atomic E-state index is 12.8. The number of carbonyl (C=O) groups is 2. The van der Waals surface area contributed by atoms with Crippen LogP contribution in [0, 0.1) is 16.7 Å². The summed E-state index contributed by atoms with van der Waals surface area (Å²) in [5.74, 6) is -0.363. The maximum absolute atomic E-state index is 12.8. The van der Waals surface area contributed by atoms with Gasteiger partial charge in [0.1, 0.15) is 5.82 Å². The molecule has 1 aliphatic carbocycles. The Hall–Kier alpha value is -2.32. The summed E-state index contributed by atoms with van der Waals surface area (Å²) in [4.78, 5) is 33.1. The highest BCUT2D eigenvalue weighted by atomic mass is 19.4. The van der Waals surface area contributed by atoms with E-state index in [1.807, 2.05) is 9.80 Å². The number of amides is 1. The molecule has 0 radical (unpaired) electrons. The van der Waals surface area contributed by atoms with Gasteiger partial charge in [0.05, 0.1) is 11.5 Å². The average molecular weight is 468 g/mol. The Bertz CT molecular complexity index is 894. The molecule has 2 saturated heterocycles. The van der Waals surface area contributed by atoms with Crippen LogP contribution >= 0.6 is 0 Å². The van der Waals surface area contributed by atoms with Crippen molar-refractivity contribution >= 4 is 17.7 Å². The Labute approximate surface area is 192 Å². The summed E-state index contributed by atoms with van der Waals surface area (Å²) in [6.45, 7) is 8.21. The fraction of sp³-hybridized carbons (Fsp3) is 0.708. The zero-order chi connectivity index (χ0) is 24.0. The van der Waals surface area contributed by atoms with Gasteiger partial charge >= 0.3 is 12.1 Å². The molecule has 2 aliphatic heterocycles. The predicted molar refractivity (Wildman–Crippen MR) is 116 cm³/mol. The van der Waals surface area contributed by atoms with Gasteiger partial charge in [0, 0.05) is 31.9 Å². The van der Waals surface area contributed by atoms with Crippen molar-refractivity contribution in [3.63, 3.8) is 0 Å². The first-order chi connectivity index (χ1) is 15.4. The van der Waals surface area contributed by atoms with Crippen LogP contribution in [0.15, 0.2) is 18.3 Å². The number of alkyl halides is 3. The van der Waals surface area contributed by atoms with Gasteiger partial charge in [-0.2, -0.15) is 13.2 Å². The summed E-state index contributed by atoms with van der Waals surface area (Å²) in [5.41, 5.74) is -0.446. The van der Waals surface area contributed by atoms with E-state index in [2.05, 4.69) is 25.8 Å². The summed E-state index contributed by atoms with van der Waals surface area (Å²) in [6, 6.07) is 2.58. The minimum atomic E-state index is -4.42. The number of hydrogen-bond acceptors (Lipinski definition) is 5. The van der Waals surface area contributed by atoms with Crippen LogP contribution in [0.5, 0.6) is 0 Å². The minimum absolute atomic E-state index is 0.124. The summed E-state index contributed by atoms with van der Waals surface area (Å²) in [7, 11) is 0. The molecule has 4 rings (SSSR count). The lowest BCUT2D eigenvalue weighted by Crippen LogP contribution is -2.41. The molecule has 3 heterocycles.